The van der Waals surface area contributed by atoms with E-state index in [4.69, 9.17) is 42.8 Å². The van der Waals surface area contributed by atoms with Crippen LogP contribution in [-0.2, 0) is 30.8 Å². The monoisotopic (exact) mass is 863 g/mol. The maximum Gasteiger partial charge on any atom is 0.420 e. The first-order valence-electron chi connectivity index (χ1n) is 20.0. The maximum absolute atomic E-state index is 15.2. The molecule has 5 aromatic rings. The Kier molecular flexibility index (Phi) is 12.7. The molecule has 328 valence electrons. The number of anilines is 3. The molecule has 1 amide bonds. The zero-order valence-corrected chi connectivity index (χ0v) is 36.5. The van der Waals surface area contributed by atoms with E-state index in [-0.39, 0.29) is 69.9 Å². The van der Waals surface area contributed by atoms with Gasteiger partial charge in [-0.2, -0.15) is 5.10 Å². The number of aliphatic hydroxyl groups is 1. The number of aliphatic hydroxyl groups excluding tert-OH is 1. The summed E-state index contributed by atoms with van der Waals surface area (Å²) in [7, 11) is 2.42. The Bertz CT molecular complexity index is 2430. The maximum atomic E-state index is 15.2. The molecule has 2 aromatic heterocycles. The van der Waals surface area contributed by atoms with Crippen LogP contribution in [0.3, 0.4) is 0 Å². The van der Waals surface area contributed by atoms with E-state index in [1.165, 1.54) is 52.6 Å². The van der Waals surface area contributed by atoms with E-state index in [2.05, 4.69) is 5.16 Å². The van der Waals surface area contributed by atoms with Crippen molar-refractivity contribution in [3.63, 3.8) is 0 Å². The number of methoxy groups -OCH3 is 5. The predicted molar refractivity (Wildman–Crippen MR) is 225 cm³/mol. The van der Waals surface area contributed by atoms with Crippen molar-refractivity contribution < 1.29 is 56.0 Å². The number of amides is 1. The average molecular weight is 864 g/mol. The molecule has 3 aromatic carbocycles. The molecule has 17 nitrogen and oxygen atoms in total. The molecule has 2 unspecified atom stereocenters. The third kappa shape index (κ3) is 9.07. The number of hydrogen-bond acceptors (Lipinski definition) is 14. The van der Waals surface area contributed by atoms with E-state index in [0.29, 0.717) is 29.3 Å². The van der Waals surface area contributed by atoms with Gasteiger partial charge in [0.25, 0.3) is 10.0 Å². The molecule has 3 heterocycles. The third-order valence-corrected chi connectivity index (χ3v) is 12.2. The summed E-state index contributed by atoms with van der Waals surface area (Å²) in [4.78, 5) is 15.3. The highest BCUT2D eigenvalue weighted by Gasteiger charge is 2.39. The largest absolute Gasteiger partial charge is 0.497 e. The molecule has 0 spiro atoms. The smallest absolute Gasteiger partial charge is 0.420 e. The topological polar surface area (TPSA) is 186 Å². The van der Waals surface area contributed by atoms with Crippen LogP contribution in [0.4, 0.5) is 22.1 Å². The van der Waals surface area contributed by atoms with Crippen LogP contribution >= 0.6 is 0 Å². The molecule has 7 rings (SSSR count). The molecule has 1 saturated heterocycles. The minimum absolute atomic E-state index is 0.0549. The van der Waals surface area contributed by atoms with Gasteiger partial charge in [0, 0.05) is 37.5 Å². The van der Waals surface area contributed by atoms with Gasteiger partial charge in [0.15, 0.2) is 28.3 Å². The van der Waals surface area contributed by atoms with Crippen LogP contribution in [0.5, 0.6) is 23.0 Å². The first-order valence-corrected chi connectivity index (χ1v) is 21.4. The zero-order valence-electron chi connectivity index (χ0n) is 35.7. The van der Waals surface area contributed by atoms with Crippen LogP contribution in [0, 0.1) is 0 Å². The molecular formula is C43H53N5O12S. The van der Waals surface area contributed by atoms with Crippen LogP contribution in [-0.4, -0.2) is 88.9 Å². The molecule has 2 fully saturated rings. The van der Waals surface area contributed by atoms with E-state index in [1.54, 1.807) is 57.2 Å². The van der Waals surface area contributed by atoms with Crippen molar-refractivity contribution in [2.24, 2.45) is 0 Å². The highest BCUT2D eigenvalue weighted by molar-refractivity contribution is 7.93. The second-order valence-corrected chi connectivity index (χ2v) is 17.7. The van der Waals surface area contributed by atoms with E-state index >= 15 is 8.42 Å². The highest BCUT2D eigenvalue weighted by atomic mass is 32.2. The number of hydrogen-bond donors (Lipinski definition) is 1. The molecule has 0 bridgehead atoms. The van der Waals surface area contributed by atoms with E-state index in [0.717, 1.165) is 42.1 Å². The summed E-state index contributed by atoms with van der Waals surface area (Å²) < 4.78 is 79.1. The molecule has 2 aliphatic rings. The number of carbonyl (C=O) groups excluding carboxylic acids is 1. The number of carbonyl (C=O) groups is 1. The Hall–Kier alpha value is -5.56. The molecule has 61 heavy (non-hydrogen) atoms. The van der Waals surface area contributed by atoms with Gasteiger partial charge in [0.1, 0.15) is 34.7 Å². The third-order valence-electron chi connectivity index (χ3n) is 10.4. The zero-order chi connectivity index (χ0) is 43.6. The Morgan fingerprint density at radius 3 is 2.18 bits per heavy atom. The number of aromatic nitrogens is 3. The van der Waals surface area contributed by atoms with Gasteiger partial charge in [0.2, 0.25) is 0 Å². The van der Waals surface area contributed by atoms with Gasteiger partial charge in [-0.05, 0) is 94.3 Å². The van der Waals surface area contributed by atoms with Crippen molar-refractivity contribution in [2.45, 2.75) is 88.2 Å². The Morgan fingerprint density at radius 2 is 1.61 bits per heavy atom. The molecule has 2 atom stereocenters. The fourth-order valence-electron chi connectivity index (χ4n) is 7.30. The lowest BCUT2D eigenvalue weighted by Crippen LogP contribution is -2.34. The molecule has 0 radical (unpaired) electrons. The van der Waals surface area contributed by atoms with Crippen molar-refractivity contribution in [2.75, 3.05) is 58.0 Å². The van der Waals surface area contributed by atoms with Crippen molar-refractivity contribution >= 4 is 44.4 Å². The lowest BCUT2D eigenvalue weighted by Gasteiger charge is -2.27. The summed E-state index contributed by atoms with van der Waals surface area (Å²) in [5, 5.41) is 20.3. The summed E-state index contributed by atoms with van der Waals surface area (Å²) in [6.45, 7) is 5.65. The molecular weight excluding hydrogens is 811 g/mol. The Labute approximate surface area is 355 Å². The summed E-state index contributed by atoms with van der Waals surface area (Å²) >= 11 is 0. The first-order chi connectivity index (χ1) is 29.2. The normalized spacial score (nSPS) is 16.2. The van der Waals surface area contributed by atoms with Gasteiger partial charge in [0.05, 0.1) is 52.7 Å². The quantitative estimate of drug-likeness (QED) is 0.101. The van der Waals surface area contributed by atoms with Gasteiger partial charge >= 0.3 is 6.09 Å². The van der Waals surface area contributed by atoms with Crippen LogP contribution in [0.15, 0.2) is 64.0 Å². The summed E-state index contributed by atoms with van der Waals surface area (Å²) in [5.41, 5.74) is 1.33. The van der Waals surface area contributed by atoms with Crippen LogP contribution < -0.4 is 28.2 Å². The lowest BCUT2D eigenvalue weighted by atomic mass is 10.1. The Balaban J connectivity index is 1.39. The number of benzene rings is 3. The summed E-state index contributed by atoms with van der Waals surface area (Å²) in [6.07, 6.45) is 2.64. The Morgan fingerprint density at radius 1 is 0.918 bits per heavy atom. The van der Waals surface area contributed by atoms with Gasteiger partial charge in [-0.25, -0.2) is 27.1 Å². The van der Waals surface area contributed by atoms with E-state index in [1.807, 2.05) is 10.7 Å². The van der Waals surface area contributed by atoms with Crippen LogP contribution in [0.25, 0.3) is 11.0 Å². The summed E-state index contributed by atoms with van der Waals surface area (Å²) in [6, 6.07) is 14.7. The second-order valence-electron chi connectivity index (χ2n) is 15.9. The van der Waals surface area contributed by atoms with Crippen LogP contribution in [0.2, 0.25) is 0 Å². The summed E-state index contributed by atoms with van der Waals surface area (Å²) in [5.74, 6) is 1.04. The highest BCUT2D eigenvalue weighted by Crippen LogP contribution is 2.47. The minimum atomic E-state index is -4.64. The standard InChI is InChI=1S/C43H53N5O12S/c1-43(2,3)59-42(50)47(38-23-31(27-14-15-27)48(44-38)39-11-9-10-18-58-39)32-22-34-30(21-35(32)55-6)41(45-60-34)46(24-26-12-16-29(54-5)17-13-26)61(51,52)40-36(56-7)19-28(20-37(40)57-8)33(49)25-53-4/h12-13,16-17,19-23,27,33,39,49H,9-11,14-15,18,24-25H2,1-8H3. The molecule has 18 heteroatoms. The van der Waals surface area contributed by atoms with Crippen molar-refractivity contribution in [3.05, 3.63) is 71.4 Å². The average Bonchev–Trinajstić information content (AvgIpc) is 3.88. The first kappa shape index (κ1) is 43.5. The molecule has 1 aliphatic carbocycles. The van der Waals surface area contributed by atoms with Crippen LogP contribution in [0.1, 0.15) is 87.9 Å². The van der Waals surface area contributed by atoms with Gasteiger partial charge in [-0.1, -0.05) is 17.3 Å². The van der Waals surface area contributed by atoms with Gasteiger partial charge in [-0.3, -0.25) is 0 Å². The predicted octanol–water partition coefficient (Wildman–Crippen LogP) is 7.78. The van der Waals surface area contributed by atoms with Crippen molar-refractivity contribution in [1.82, 2.24) is 14.9 Å². The second kappa shape index (κ2) is 17.8. The van der Waals surface area contributed by atoms with E-state index in [9.17, 15) is 9.90 Å². The SMILES string of the molecule is COCC(O)c1cc(OC)c(S(=O)(=O)N(Cc2ccc(OC)cc2)c2noc3cc(N(C(=O)OC(C)(C)C)c4cc(C5CC5)n(C5CCCCO5)n4)c(OC)cc23)c(OC)c1. The van der Waals surface area contributed by atoms with Crippen molar-refractivity contribution in [3.8, 4) is 23.0 Å². The number of fused-ring (bicyclic) bond motifs is 1. The lowest BCUT2D eigenvalue weighted by molar-refractivity contribution is -0.0410. The van der Waals surface area contributed by atoms with Crippen molar-refractivity contribution in [1.29, 1.82) is 0 Å². The fraction of sp³-hybridized carbons (Fsp3) is 0.465. The fourth-order valence-corrected chi connectivity index (χ4v) is 8.99. The molecule has 1 saturated carbocycles. The van der Waals surface area contributed by atoms with Gasteiger partial charge in [-0.15, -0.1) is 0 Å². The number of sulfonamides is 1. The number of rotatable bonds is 16. The minimum Gasteiger partial charge on any atom is -0.497 e. The number of nitrogens with zero attached hydrogens (tertiary/aromatic N) is 5. The molecule has 1 aliphatic heterocycles. The number of ether oxygens (including phenoxy) is 7. The van der Waals surface area contributed by atoms with E-state index < -0.39 is 27.8 Å². The van der Waals surface area contributed by atoms with Gasteiger partial charge < -0.3 is 42.8 Å². The molecule has 1 N–H and O–H groups in total.